The minimum absolute atomic E-state index is 0.555. The van der Waals surface area contributed by atoms with Crippen LogP contribution in [-0.2, 0) is 0 Å². The predicted molar refractivity (Wildman–Crippen MR) is 64.0 cm³/mol. The molecule has 0 spiro atoms. The van der Waals surface area contributed by atoms with E-state index in [2.05, 4.69) is 29.5 Å². The summed E-state index contributed by atoms with van der Waals surface area (Å²) >= 11 is 0. The van der Waals surface area contributed by atoms with E-state index in [0.717, 1.165) is 29.8 Å². The van der Waals surface area contributed by atoms with Crippen molar-refractivity contribution in [3.63, 3.8) is 0 Å². The molecule has 2 heterocycles. The van der Waals surface area contributed by atoms with Gasteiger partial charge in [0.1, 0.15) is 5.69 Å². The lowest BCUT2D eigenvalue weighted by Crippen LogP contribution is -2.27. The summed E-state index contributed by atoms with van der Waals surface area (Å²) in [7, 11) is 0. The molecule has 82 valence electrons. The lowest BCUT2D eigenvalue weighted by atomic mass is 9.99. The number of para-hydroxylation sites is 1. The topological polar surface area (TPSA) is 38.1 Å². The van der Waals surface area contributed by atoms with Crippen molar-refractivity contribution in [2.45, 2.75) is 6.92 Å². The Morgan fingerprint density at radius 2 is 2.25 bits per heavy atom. The van der Waals surface area contributed by atoms with Crippen molar-refractivity contribution in [3.8, 4) is 0 Å². The van der Waals surface area contributed by atoms with Gasteiger partial charge in [-0.15, -0.1) is 0 Å². The Morgan fingerprint density at radius 1 is 1.38 bits per heavy atom. The Bertz CT molecular complexity index is 542. The van der Waals surface area contributed by atoms with E-state index in [0.29, 0.717) is 5.92 Å². The molecule has 2 aromatic rings. The molecule has 3 rings (SSSR count). The molecule has 1 aliphatic rings. The second-order valence-electron chi connectivity index (χ2n) is 4.33. The van der Waals surface area contributed by atoms with Gasteiger partial charge in [0.25, 0.3) is 0 Å². The summed E-state index contributed by atoms with van der Waals surface area (Å²) < 4.78 is 5.32. The summed E-state index contributed by atoms with van der Waals surface area (Å²) in [6.07, 6.45) is 2.28. The fraction of sp³-hybridized carbons (Fsp3) is 0.308. The molecule has 0 saturated carbocycles. The predicted octanol–water partition coefficient (Wildman–Crippen LogP) is 2.45. The van der Waals surface area contributed by atoms with E-state index in [1.165, 1.54) is 5.57 Å². The molecule has 0 radical (unpaired) electrons. The first-order valence-electron chi connectivity index (χ1n) is 5.61. The summed E-state index contributed by atoms with van der Waals surface area (Å²) in [5.41, 5.74) is 3.08. The number of nitrogens with zero attached hydrogens (tertiary/aromatic N) is 1. The molecule has 0 bridgehead atoms. The van der Waals surface area contributed by atoms with Gasteiger partial charge >= 0.3 is 0 Å². The largest absolute Gasteiger partial charge is 0.356 e. The number of benzene rings is 1. The maximum Gasteiger partial charge on any atom is 0.167 e. The van der Waals surface area contributed by atoms with E-state index in [1.807, 2.05) is 18.2 Å². The van der Waals surface area contributed by atoms with Crippen LogP contribution in [0.25, 0.3) is 16.5 Å². The highest BCUT2D eigenvalue weighted by atomic mass is 16.5. The zero-order chi connectivity index (χ0) is 11.0. The van der Waals surface area contributed by atoms with E-state index in [1.54, 1.807) is 0 Å². The van der Waals surface area contributed by atoms with Crippen LogP contribution in [0, 0.1) is 5.92 Å². The summed E-state index contributed by atoms with van der Waals surface area (Å²) in [4.78, 5) is 0. The minimum atomic E-state index is 0.555. The fourth-order valence-electron chi connectivity index (χ4n) is 2.18. The lowest BCUT2D eigenvalue weighted by molar-refractivity contribution is 0.452. The van der Waals surface area contributed by atoms with Crippen LogP contribution in [0.2, 0.25) is 0 Å². The molecule has 3 nitrogen and oxygen atoms in total. The van der Waals surface area contributed by atoms with Gasteiger partial charge in [-0.3, -0.25) is 0 Å². The molecule has 1 unspecified atom stereocenters. The van der Waals surface area contributed by atoms with Gasteiger partial charge in [0.15, 0.2) is 5.58 Å². The normalized spacial score (nSPS) is 21.1. The van der Waals surface area contributed by atoms with E-state index >= 15 is 0 Å². The van der Waals surface area contributed by atoms with Crippen molar-refractivity contribution in [1.29, 1.82) is 0 Å². The van der Waals surface area contributed by atoms with Gasteiger partial charge in [-0.05, 0) is 23.6 Å². The van der Waals surface area contributed by atoms with Crippen molar-refractivity contribution in [3.05, 3.63) is 36.0 Å². The van der Waals surface area contributed by atoms with Crippen molar-refractivity contribution in [2.24, 2.45) is 5.92 Å². The molecular formula is C13H14N2O. The maximum absolute atomic E-state index is 5.32. The van der Waals surface area contributed by atoms with E-state index < -0.39 is 0 Å². The quantitative estimate of drug-likeness (QED) is 0.792. The number of fused-ring (bicyclic) bond motifs is 1. The number of hydrogen-bond acceptors (Lipinski definition) is 3. The SMILES string of the molecule is CC1C=C(c2noc3ccccc23)CNC1. The third-order valence-corrected chi connectivity index (χ3v) is 2.95. The van der Waals surface area contributed by atoms with Crippen LogP contribution in [0.5, 0.6) is 0 Å². The third kappa shape index (κ3) is 1.53. The highest BCUT2D eigenvalue weighted by Gasteiger charge is 2.16. The number of aromatic nitrogens is 1. The zero-order valence-corrected chi connectivity index (χ0v) is 9.23. The van der Waals surface area contributed by atoms with Gasteiger partial charge in [0.2, 0.25) is 0 Å². The number of hydrogen-bond donors (Lipinski definition) is 1. The standard InChI is InChI=1S/C13H14N2O/c1-9-6-10(8-14-7-9)13-11-4-2-3-5-12(11)16-15-13/h2-6,9,14H,7-8H2,1H3. The van der Waals surface area contributed by atoms with Gasteiger partial charge in [-0.2, -0.15) is 0 Å². The smallest absolute Gasteiger partial charge is 0.167 e. The molecule has 1 atom stereocenters. The van der Waals surface area contributed by atoms with Crippen LogP contribution >= 0.6 is 0 Å². The van der Waals surface area contributed by atoms with Crippen molar-refractivity contribution < 1.29 is 4.52 Å². The Balaban J connectivity index is 2.12. The second kappa shape index (κ2) is 3.76. The molecule has 3 heteroatoms. The first kappa shape index (κ1) is 9.60. The summed E-state index contributed by atoms with van der Waals surface area (Å²) in [6.45, 7) is 4.12. The first-order chi connectivity index (χ1) is 7.84. The Labute approximate surface area is 94.1 Å². The average molecular weight is 214 g/mol. The van der Waals surface area contributed by atoms with Crippen LogP contribution in [0.15, 0.2) is 34.9 Å². The van der Waals surface area contributed by atoms with Crippen LogP contribution in [0.4, 0.5) is 0 Å². The second-order valence-corrected chi connectivity index (χ2v) is 4.33. The molecular weight excluding hydrogens is 200 g/mol. The van der Waals surface area contributed by atoms with Crippen molar-refractivity contribution >= 4 is 16.5 Å². The summed E-state index contributed by atoms with van der Waals surface area (Å²) in [6, 6.07) is 7.99. The fourth-order valence-corrected chi connectivity index (χ4v) is 2.18. The molecule has 0 amide bonds. The molecule has 0 aliphatic carbocycles. The average Bonchev–Trinajstić information content (AvgIpc) is 2.72. The first-order valence-corrected chi connectivity index (χ1v) is 5.61. The maximum atomic E-state index is 5.32. The molecule has 1 N–H and O–H groups in total. The molecule has 1 aromatic heterocycles. The Kier molecular flexibility index (Phi) is 2.26. The highest BCUT2D eigenvalue weighted by molar-refractivity contribution is 5.89. The van der Waals surface area contributed by atoms with Crippen LogP contribution in [0.1, 0.15) is 12.6 Å². The molecule has 0 fully saturated rings. The Morgan fingerprint density at radius 3 is 3.12 bits per heavy atom. The monoisotopic (exact) mass is 214 g/mol. The van der Waals surface area contributed by atoms with E-state index in [4.69, 9.17) is 4.52 Å². The van der Waals surface area contributed by atoms with Crippen molar-refractivity contribution in [2.75, 3.05) is 13.1 Å². The van der Waals surface area contributed by atoms with Crippen LogP contribution in [-0.4, -0.2) is 18.2 Å². The third-order valence-electron chi connectivity index (χ3n) is 2.95. The van der Waals surface area contributed by atoms with Gasteiger partial charge in [-0.1, -0.05) is 30.3 Å². The Hall–Kier alpha value is -1.61. The highest BCUT2D eigenvalue weighted by Crippen LogP contribution is 2.26. The molecule has 1 aromatic carbocycles. The lowest BCUT2D eigenvalue weighted by Gasteiger charge is -2.17. The summed E-state index contributed by atoms with van der Waals surface area (Å²) in [5, 5.41) is 8.66. The van der Waals surface area contributed by atoms with E-state index in [9.17, 15) is 0 Å². The minimum Gasteiger partial charge on any atom is -0.356 e. The number of rotatable bonds is 1. The molecule has 16 heavy (non-hydrogen) atoms. The molecule has 0 saturated heterocycles. The van der Waals surface area contributed by atoms with Gasteiger partial charge in [-0.25, -0.2) is 0 Å². The van der Waals surface area contributed by atoms with Gasteiger partial charge < -0.3 is 9.84 Å². The van der Waals surface area contributed by atoms with E-state index in [-0.39, 0.29) is 0 Å². The van der Waals surface area contributed by atoms with Crippen LogP contribution < -0.4 is 5.32 Å². The van der Waals surface area contributed by atoms with Gasteiger partial charge in [0, 0.05) is 18.5 Å². The number of nitrogens with one attached hydrogen (secondary N) is 1. The van der Waals surface area contributed by atoms with Crippen molar-refractivity contribution in [1.82, 2.24) is 10.5 Å². The zero-order valence-electron chi connectivity index (χ0n) is 9.23. The summed E-state index contributed by atoms with van der Waals surface area (Å²) in [5.74, 6) is 0.555. The molecule has 1 aliphatic heterocycles. The van der Waals surface area contributed by atoms with Gasteiger partial charge in [0.05, 0.1) is 0 Å². The van der Waals surface area contributed by atoms with Crippen LogP contribution in [0.3, 0.4) is 0 Å².